The average Bonchev–Trinajstić information content (AvgIpc) is 3.37. The Labute approximate surface area is 168 Å². The lowest BCUT2D eigenvalue weighted by Gasteiger charge is -2.07. The van der Waals surface area contributed by atoms with E-state index in [9.17, 15) is 14.9 Å². The van der Waals surface area contributed by atoms with Crippen LogP contribution >= 0.6 is 0 Å². The lowest BCUT2D eigenvalue weighted by atomic mass is 10.1. The van der Waals surface area contributed by atoms with E-state index in [1.54, 1.807) is 36.4 Å². The molecule has 0 radical (unpaired) electrons. The zero-order valence-corrected chi connectivity index (χ0v) is 15.4. The van der Waals surface area contributed by atoms with Gasteiger partial charge in [-0.05, 0) is 30.3 Å². The number of hydrogen-bond donors (Lipinski definition) is 1. The topological polar surface area (TPSA) is 111 Å². The summed E-state index contributed by atoms with van der Waals surface area (Å²) in [7, 11) is 0. The van der Waals surface area contributed by atoms with Crippen LogP contribution in [0.25, 0.3) is 33.5 Å². The Kier molecular flexibility index (Phi) is 4.03. The first-order valence-electron chi connectivity index (χ1n) is 9.03. The minimum Gasteiger partial charge on any atom is -0.451 e. The van der Waals surface area contributed by atoms with E-state index in [0.29, 0.717) is 22.4 Å². The molecule has 0 fully saturated rings. The summed E-state index contributed by atoms with van der Waals surface area (Å²) in [6.07, 6.45) is 0. The molecule has 0 aliphatic rings. The number of para-hydroxylation sites is 2. The molecule has 8 heteroatoms. The molecule has 0 saturated heterocycles. The number of oxazole rings is 1. The van der Waals surface area contributed by atoms with Crippen molar-refractivity contribution in [3.8, 4) is 11.5 Å². The first-order chi connectivity index (χ1) is 14.6. The monoisotopic (exact) mass is 399 g/mol. The molecule has 1 N–H and O–H groups in total. The molecule has 5 aromatic rings. The molecule has 0 unspecified atom stereocenters. The molecule has 1 amide bonds. The van der Waals surface area contributed by atoms with Gasteiger partial charge >= 0.3 is 0 Å². The number of hydrogen-bond acceptors (Lipinski definition) is 6. The number of aromatic nitrogens is 1. The highest BCUT2D eigenvalue weighted by Crippen LogP contribution is 2.32. The molecule has 146 valence electrons. The second-order valence-corrected chi connectivity index (χ2v) is 6.58. The number of benzene rings is 3. The van der Waals surface area contributed by atoms with Gasteiger partial charge in [-0.1, -0.05) is 30.3 Å². The molecular weight excluding hydrogens is 386 g/mol. The van der Waals surface area contributed by atoms with Gasteiger partial charge in [0.2, 0.25) is 5.89 Å². The van der Waals surface area contributed by atoms with Gasteiger partial charge in [-0.3, -0.25) is 14.9 Å². The standard InChI is InChI=1S/C22H13N3O5/c26-21(20-11-13-5-1-4-8-18(13)29-20)23-16-7-3-2-6-15(16)22-24-17-10-9-14(25(27)28)12-19(17)30-22/h1-12H,(H,23,26). The number of fused-ring (bicyclic) bond motifs is 2. The van der Waals surface area contributed by atoms with Crippen molar-refractivity contribution in [2.45, 2.75) is 0 Å². The Morgan fingerprint density at radius 3 is 2.57 bits per heavy atom. The zero-order chi connectivity index (χ0) is 20.7. The lowest BCUT2D eigenvalue weighted by Crippen LogP contribution is -2.11. The number of non-ortho nitro benzene ring substituents is 1. The normalized spacial score (nSPS) is 11.1. The van der Waals surface area contributed by atoms with Crippen molar-refractivity contribution in [2.24, 2.45) is 0 Å². The summed E-state index contributed by atoms with van der Waals surface area (Å²) in [5.74, 6) is 0.00981. The van der Waals surface area contributed by atoms with Gasteiger partial charge in [0.05, 0.1) is 22.2 Å². The van der Waals surface area contributed by atoms with Crippen LogP contribution in [0.1, 0.15) is 10.6 Å². The van der Waals surface area contributed by atoms with Crippen molar-refractivity contribution in [1.29, 1.82) is 0 Å². The lowest BCUT2D eigenvalue weighted by molar-refractivity contribution is -0.384. The predicted molar refractivity (Wildman–Crippen MR) is 110 cm³/mol. The summed E-state index contributed by atoms with van der Waals surface area (Å²) in [6, 6.07) is 20.2. The van der Waals surface area contributed by atoms with Gasteiger partial charge in [0.1, 0.15) is 11.1 Å². The number of rotatable bonds is 4. The zero-order valence-electron chi connectivity index (χ0n) is 15.4. The number of carbonyl (C=O) groups excluding carboxylic acids is 1. The Morgan fingerprint density at radius 2 is 1.73 bits per heavy atom. The van der Waals surface area contributed by atoms with E-state index in [2.05, 4.69) is 10.3 Å². The highest BCUT2D eigenvalue weighted by Gasteiger charge is 2.18. The Balaban J connectivity index is 1.50. The fourth-order valence-electron chi connectivity index (χ4n) is 3.20. The minimum atomic E-state index is -0.497. The van der Waals surface area contributed by atoms with E-state index in [0.717, 1.165) is 5.39 Å². The smallest absolute Gasteiger partial charge is 0.291 e. The predicted octanol–water partition coefficient (Wildman–Crippen LogP) is 5.40. The maximum absolute atomic E-state index is 12.7. The summed E-state index contributed by atoms with van der Waals surface area (Å²) < 4.78 is 11.3. The maximum Gasteiger partial charge on any atom is 0.291 e. The summed E-state index contributed by atoms with van der Waals surface area (Å²) >= 11 is 0. The Morgan fingerprint density at radius 1 is 0.933 bits per heavy atom. The fourth-order valence-corrected chi connectivity index (χ4v) is 3.20. The van der Waals surface area contributed by atoms with Crippen LogP contribution in [-0.4, -0.2) is 15.8 Å². The number of anilines is 1. The average molecular weight is 399 g/mol. The number of furan rings is 1. The molecule has 30 heavy (non-hydrogen) atoms. The van der Waals surface area contributed by atoms with E-state index < -0.39 is 10.8 Å². The van der Waals surface area contributed by atoms with Gasteiger partial charge < -0.3 is 14.2 Å². The van der Waals surface area contributed by atoms with Gasteiger partial charge in [-0.25, -0.2) is 4.98 Å². The molecule has 5 rings (SSSR count). The molecule has 8 nitrogen and oxygen atoms in total. The van der Waals surface area contributed by atoms with Crippen LogP contribution < -0.4 is 5.32 Å². The third-order valence-corrected chi connectivity index (χ3v) is 4.64. The molecule has 2 aromatic heterocycles. The van der Waals surface area contributed by atoms with Crippen molar-refractivity contribution >= 4 is 39.4 Å². The molecule has 0 bridgehead atoms. The fraction of sp³-hybridized carbons (Fsp3) is 0. The molecule has 0 spiro atoms. The summed E-state index contributed by atoms with van der Waals surface area (Å²) in [4.78, 5) is 27.6. The van der Waals surface area contributed by atoms with Gasteiger partial charge in [0.15, 0.2) is 11.3 Å². The van der Waals surface area contributed by atoms with Crippen LogP contribution in [-0.2, 0) is 0 Å². The largest absolute Gasteiger partial charge is 0.451 e. The third-order valence-electron chi connectivity index (χ3n) is 4.64. The first kappa shape index (κ1) is 17.6. The number of nitro groups is 1. The molecule has 0 atom stereocenters. The van der Waals surface area contributed by atoms with Crippen molar-refractivity contribution in [3.63, 3.8) is 0 Å². The third kappa shape index (κ3) is 3.06. The van der Waals surface area contributed by atoms with Crippen molar-refractivity contribution < 1.29 is 18.6 Å². The van der Waals surface area contributed by atoms with E-state index in [-0.39, 0.29) is 22.9 Å². The van der Waals surface area contributed by atoms with Crippen molar-refractivity contribution in [2.75, 3.05) is 5.32 Å². The van der Waals surface area contributed by atoms with E-state index in [1.807, 2.05) is 18.2 Å². The van der Waals surface area contributed by atoms with E-state index >= 15 is 0 Å². The first-order valence-corrected chi connectivity index (χ1v) is 9.03. The van der Waals surface area contributed by atoms with Gasteiger partial charge in [-0.15, -0.1) is 0 Å². The summed E-state index contributed by atoms with van der Waals surface area (Å²) in [6.45, 7) is 0. The van der Waals surface area contributed by atoms with Gasteiger partial charge in [0.25, 0.3) is 11.6 Å². The molecular formula is C22H13N3O5. The number of nitro benzene ring substituents is 1. The van der Waals surface area contributed by atoms with Crippen LogP contribution in [0, 0.1) is 10.1 Å². The Bertz CT molecular complexity index is 1400. The summed E-state index contributed by atoms with van der Waals surface area (Å²) in [5, 5.41) is 14.6. The highest BCUT2D eigenvalue weighted by atomic mass is 16.6. The minimum absolute atomic E-state index is 0.0864. The van der Waals surface area contributed by atoms with Crippen LogP contribution in [0.3, 0.4) is 0 Å². The second kappa shape index (κ2) is 6.85. The molecule has 2 heterocycles. The van der Waals surface area contributed by atoms with Crippen LogP contribution in [0.5, 0.6) is 0 Å². The van der Waals surface area contributed by atoms with E-state index in [1.165, 1.54) is 18.2 Å². The van der Waals surface area contributed by atoms with E-state index in [4.69, 9.17) is 8.83 Å². The molecule has 0 saturated carbocycles. The van der Waals surface area contributed by atoms with Gasteiger partial charge in [0, 0.05) is 11.5 Å². The van der Waals surface area contributed by atoms with Crippen LogP contribution in [0.2, 0.25) is 0 Å². The molecule has 3 aromatic carbocycles. The van der Waals surface area contributed by atoms with Crippen LogP contribution in [0.15, 0.2) is 81.6 Å². The Hall–Kier alpha value is -4.46. The second-order valence-electron chi connectivity index (χ2n) is 6.58. The van der Waals surface area contributed by atoms with Crippen molar-refractivity contribution in [1.82, 2.24) is 4.98 Å². The quantitative estimate of drug-likeness (QED) is 0.320. The van der Waals surface area contributed by atoms with Crippen molar-refractivity contribution in [3.05, 3.63) is 88.7 Å². The van der Waals surface area contributed by atoms with Gasteiger partial charge in [-0.2, -0.15) is 0 Å². The maximum atomic E-state index is 12.7. The van der Waals surface area contributed by atoms with Crippen LogP contribution in [0.4, 0.5) is 11.4 Å². The molecule has 0 aliphatic heterocycles. The highest BCUT2D eigenvalue weighted by molar-refractivity contribution is 6.06. The number of nitrogens with one attached hydrogen (secondary N) is 1. The number of amides is 1. The number of carbonyl (C=O) groups is 1. The SMILES string of the molecule is O=C(Nc1ccccc1-c1nc2ccc([N+](=O)[O-])cc2o1)c1cc2ccccc2o1. The summed E-state index contributed by atoms with van der Waals surface area (Å²) in [5.41, 5.74) is 2.32. The molecule has 0 aliphatic carbocycles. The number of nitrogens with zero attached hydrogens (tertiary/aromatic N) is 2.